The molecule has 0 radical (unpaired) electrons. The predicted octanol–water partition coefficient (Wildman–Crippen LogP) is 1.43. The van der Waals surface area contributed by atoms with E-state index in [1.165, 1.54) is 0 Å². The van der Waals surface area contributed by atoms with Crippen molar-refractivity contribution < 1.29 is 9.52 Å². The third-order valence-corrected chi connectivity index (χ3v) is 2.34. The van der Waals surface area contributed by atoms with Crippen LogP contribution in [0, 0.1) is 6.92 Å². The van der Waals surface area contributed by atoms with Crippen molar-refractivity contribution in [2.75, 3.05) is 5.32 Å². The lowest BCUT2D eigenvalue weighted by molar-refractivity contribution is 0.244. The standard InChI is InChI=1S/C11H15N3O2/c1-8-11(6-14(2)13-8)12-5-9-3-4-10(7-15)16-9/h3-4,6,12,15H,5,7H2,1-2H3. The fourth-order valence-electron chi connectivity index (χ4n) is 1.56. The van der Waals surface area contributed by atoms with Crippen LogP contribution in [0.3, 0.4) is 0 Å². The molecule has 0 aromatic carbocycles. The van der Waals surface area contributed by atoms with Crippen molar-refractivity contribution in [3.05, 3.63) is 35.5 Å². The number of nitrogens with zero attached hydrogens (tertiary/aromatic N) is 2. The van der Waals surface area contributed by atoms with Crippen molar-refractivity contribution >= 4 is 5.69 Å². The number of nitrogens with one attached hydrogen (secondary N) is 1. The van der Waals surface area contributed by atoms with E-state index in [-0.39, 0.29) is 6.61 Å². The lowest BCUT2D eigenvalue weighted by atomic mass is 10.3. The summed E-state index contributed by atoms with van der Waals surface area (Å²) in [6.07, 6.45) is 1.92. The van der Waals surface area contributed by atoms with E-state index in [1.54, 1.807) is 10.7 Å². The molecular formula is C11H15N3O2. The Morgan fingerprint density at radius 3 is 2.75 bits per heavy atom. The second-order valence-corrected chi connectivity index (χ2v) is 3.68. The van der Waals surface area contributed by atoms with Gasteiger partial charge in [0.2, 0.25) is 0 Å². The maximum Gasteiger partial charge on any atom is 0.129 e. The number of anilines is 1. The number of aromatic nitrogens is 2. The Morgan fingerprint density at radius 2 is 2.19 bits per heavy atom. The molecule has 0 amide bonds. The molecule has 0 unspecified atom stereocenters. The van der Waals surface area contributed by atoms with Crippen molar-refractivity contribution in [1.82, 2.24) is 9.78 Å². The van der Waals surface area contributed by atoms with E-state index in [2.05, 4.69) is 10.4 Å². The summed E-state index contributed by atoms with van der Waals surface area (Å²) in [5, 5.41) is 16.3. The highest BCUT2D eigenvalue weighted by atomic mass is 16.4. The van der Waals surface area contributed by atoms with Crippen LogP contribution in [0.15, 0.2) is 22.7 Å². The number of hydrogen-bond donors (Lipinski definition) is 2. The van der Waals surface area contributed by atoms with Crippen LogP contribution >= 0.6 is 0 Å². The second-order valence-electron chi connectivity index (χ2n) is 3.68. The topological polar surface area (TPSA) is 63.2 Å². The van der Waals surface area contributed by atoms with Gasteiger partial charge in [-0.1, -0.05) is 0 Å². The van der Waals surface area contributed by atoms with Gasteiger partial charge in [-0.3, -0.25) is 4.68 Å². The number of furan rings is 1. The molecule has 16 heavy (non-hydrogen) atoms. The van der Waals surface area contributed by atoms with E-state index >= 15 is 0 Å². The minimum Gasteiger partial charge on any atom is -0.462 e. The Labute approximate surface area is 93.7 Å². The lowest BCUT2D eigenvalue weighted by Crippen LogP contribution is -1.98. The zero-order chi connectivity index (χ0) is 11.5. The van der Waals surface area contributed by atoms with E-state index in [1.807, 2.05) is 26.2 Å². The second kappa shape index (κ2) is 4.40. The minimum atomic E-state index is -0.0636. The Bertz CT molecular complexity index is 473. The van der Waals surface area contributed by atoms with Gasteiger partial charge >= 0.3 is 0 Å². The molecule has 2 aromatic rings. The van der Waals surface area contributed by atoms with Crippen molar-refractivity contribution in [3.63, 3.8) is 0 Å². The third-order valence-electron chi connectivity index (χ3n) is 2.34. The average Bonchev–Trinajstić information content (AvgIpc) is 2.82. The quantitative estimate of drug-likeness (QED) is 0.819. The monoisotopic (exact) mass is 221 g/mol. The van der Waals surface area contributed by atoms with Gasteiger partial charge in [0.05, 0.1) is 17.9 Å². The maximum absolute atomic E-state index is 8.86. The molecule has 2 aromatic heterocycles. The van der Waals surface area contributed by atoms with Crippen LogP contribution in [0.1, 0.15) is 17.2 Å². The van der Waals surface area contributed by atoms with Crippen LogP contribution in [0.4, 0.5) is 5.69 Å². The normalized spacial score (nSPS) is 10.7. The molecule has 0 atom stereocenters. The average molecular weight is 221 g/mol. The molecule has 2 rings (SSSR count). The first kappa shape index (κ1) is 10.8. The first-order chi connectivity index (χ1) is 7.69. The molecule has 5 heteroatoms. The van der Waals surface area contributed by atoms with Gasteiger partial charge in [-0.25, -0.2) is 0 Å². The fourth-order valence-corrected chi connectivity index (χ4v) is 1.56. The first-order valence-corrected chi connectivity index (χ1v) is 5.11. The van der Waals surface area contributed by atoms with Crippen LogP contribution in [0.25, 0.3) is 0 Å². The third kappa shape index (κ3) is 2.25. The Kier molecular flexibility index (Phi) is 2.96. The number of aliphatic hydroxyl groups excluding tert-OH is 1. The lowest BCUT2D eigenvalue weighted by Gasteiger charge is -2.01. The van der Waals surface area contributed by atoms with Gasteiger partial charge in [-0.15, -0.1) is 0 Å². The predicted molar refractivity (Wildman–Crippen MR) is 59.9 cm³/mol. The molecule has 0 saturated carbocycles. The van der Waals surface area contributed by atoms with Gasteiger partial charge in [-0.05, 0) is 19.1 Å². The van der Waals surface area contributed by atoms with Crippen molar-refractivity contribution in [3.8, 4) is 0 Å². The molecule has 86 valence electrons. The van der Waals surface area contributed by atoms with Gasteiger partial charge in [-0.2, -0.15) is 5.10 Å². The van der Waals surface area contributed by atoms with E-state index in [0.717, 1.165) is 17.1 Å². The van der Waals surface area contributed by atoms with Crippen molar-refractivity contribution in [1.29, 1.82) is 0 Å². The first-order valence-electron chi connectivity index (χ1n) is 5.11. The summed E-state index contributed by atoms with van der Waals surface area (Å²) in [7, 11) is 1.88. The number of aliphatic hydroxyl groups is 1. The number of hydrogen-bond acceptors (Lipinski definition) is 4. The molecular weight excluding hydrogens is 206 g/mol. The maximum atomic E-state index is 8.86. The van der Waals surface area contributed by atoms with Crippen molar-refractivity contribution in [2.24, 2.45) is 7.05 Å². The summed E-state index contributed by atoms with van der Waals surface area (Å²) in [5.41, 5.74) is 1.95. The molecule has 2 N–H and O–H groups in total. The Balaban J connectivity index is 1.99. The smallest absolute Gasteiger partial charge is 0.129 e. The van der Waals surface area contributed by atoms with Crippen LogP contribution in [-0.2, 0) is 20.2 Å². The van der Waals surface area contributed by atoms with E-state index < -0.39 is 0 Å². The summed E-state index contributed by atoms with van der Waals surface area (Å²) in [5.74, 6) is 1.38. The van der Waals surface area contributed by atoms with Crippen LogP contribution < -0.4 is 5.32 Å². The Hall–Kier alpha value is -1.75. The molecule has 5 nitrogen and oxygen atoms in total. The highest BCUT2D eigenvalue weighted by molar-refractivity contribution is 5.45. The van der Waals surface area contributed by atoms with Crippen LogP contribution in [0.5, 0.6) is 0 Å². The fraction of sp³-hybridized carbons (Fsp3) is 0.364. The molecule has 0 bridgehead atoms. The zero-order valence-electron chi connectivity index (χ0n) is 9.40. The van der Waals surface area contributed by atoms with E-state index in [0.29, 0.717) is 12.3 Å². The summed E-state index contributed by atoms with van der Waals surface area (Å²) >= 11 is 0. The number of aryl methyl sites for hydroxylation is 2. The molecule has 0 spiro atoms. The SMILES string of the molecule is Cc1nn(C)cc1NCc1ccc(CO)o1. The van der Waals surface area contributed by atoms with Crippen LogP contribution in [0.2, 0.25) is 0 Å². The van der Waals surface area contributed by atoms with Gasteiger partial charge in [0.25, 0.3) is 0 Å². The molecule has 2 heterocycles. The summed E-state index contributed by atoms with van der Waals surface area (Å²) < 4.78 is 7.12. The van der Waals surface area contributed by atoms with Gasteiger partial charge in [0, 0.05) is 13.2 Å². The Morgan fingerprint density at radius 1 is 1.44 bits per heavy atom. The van der Waals surface area contributed by atoms with Gasteiger partial charge in [0.15, 0.2) is 0 Å². The molecule has 0 saturated heterocycles. The largest absolute Gasteiger partial charge is 0.462 e. The summed E-state index contributed by atoms with van der Waals surface area (Å²) in [6, 6.07) is 3.62. The zero-order valence-corrected chi connectivity index (χ0v) is 9.40. The van der Waals surface area contributed by atoms with Crippen molar-refractivity contribution in [2.45, 2.75) is 20.1 Å². The summed E-state index contributed by atoms with van der Waals surface area (Å²) in [4.78, 5) is 0. The molecule has 0 aliphatic carbocycles. The van der Waals surface area contributed by atoms with E-state index in [9.17, 15) is 0 Å². The molecule has 0 fully saturated rings. The summed E-state index contributed by atoms with van der Waals surface area (Å²) in [6.45, 7) is 2.47. The molecule has 0 aliphatic rings. The minimum absolute atomic E-state index is 0.0636. The highest BCUT2D eigenvalue weighted by Gasteiger charge is 2.04. The van der Waals surface area contributed by atoms with E-state index in [4.69, 9.17) is 9.52 Å². The van der Waals surface area contributed by atoms with Gasteiger partial charge in [0.1, 0.15) is 18.1 Å². The van der Waals surface area contributed by atoms with Gasteiger partial charge < -0.3 is 14.8 Å². The highest BCUT2D eigenvalue weighted by Crippen LogP contribution is 2.14. The number of rotatable bonds is 4. The van der Waals surface area contributed by atoms with Crippen LogP contribution in [-0.4, -0.2) is 14.9 Å². The molecule has 0 aliphatic heterocycles.